The summed E-state index contributed by atoms with van der Waals surface area (Å²) < 4.78 is 1.02. The summed E-state index contributed by atoms with van der Waals surface area (Å²) in [6.07, 6.45) is 5.55. The summed E-state index contributed by atoms with van der Waals surface area (Å²) in [7, 11) is 0. The Morgan fingerprint density at radius 2 is 2.22 bits per heavy atom. The third-order valence-corrected chi connectivity index (χ3v) is 3.50. The minimum absolute atomic E-state index is 0.487. The molecule has 0 aliphatic rings. The first-order valence-electron chi connectivity index (χ1n) is 6.51. The average Bonchev–Trinajstić information content (AvgIpc) is 2.36. The van der Waals surface area contributed by atoms with Crippen LogP contribution in [0.15, 0.2) is 34.9 Å². The second kappa shape index (κ2) is 6.19. The van der Waals surface area contributed by atoms with Gasteiger partial charge in [-0.15, -0.1) is 0 Å². The summed E-state index contributed by atoms with van der Waals surface area (Å²) in [5.74, 6) is 0. The number of rotatable bonds is 5. The Balaban J connectivity index is 2.22. The maximum atomic E-state index is 4.50. The SMILES string of the molecule is CCCCC(C)Nc1cccc2cc(Br)cnc12. The highest BCUT2D eigenvalue weighted by Crippen LogP contribution is 2.24. The second-order valence-corrected chi connectivity index (χ2v) is 5.63. The summed E-state index contributed by atoms with van der Waals surface area (Å²) in [6.45, 7) is 4.46. The lowest BCUT2D eigenvalue weighted by Gasteiger charge is -2.16. The van der Waals surface area contributed by atoms with Crippen molar-refractivity contribution in [2.75, 3.05) is 5.32 Å². The molecule has 2 aromatic rings. The van der Waals surface area contributed by atoms with E-state index >= 15 is 0 Å². The van der Waals surface area contributed by atoms with Crippen molar-refractivity contribution in [2.24, 2.45) is 0 Å². The van der Waals surface area contributed by atoms with E-state index in [0.29, 0.717) is 6.04 Å². The molecule has 1 N–H and O–H groups in total. The van der Waals surface area contributed by atoms with Crippen molar-refractivity contribution >= 4 is 32.5 Å². The van der Waals surface area contributed by atoms with Crippen LogP contribution in [0.2, 0.25) is 0 Å². The number of aromatic nitrogens is 1. The molecule has 1 atom stereocenters. The summed E-state index contributed by atoms with van der Waals surface area (Å²) >= 11 is 3.46. The molecule has 0 bridgehead atoms. The number of nitrogens with one attached hydrogen (secondary N) is 1. The molecule has 2 rings (SSSR count). The van der Waals surface area contributed by atoms with Gasteiger partial charge in [0, 0.05) is 22.1 Å². The number of para-hydroxylation sites is 1. The van der Waals surface area contributed by atoms with E-state index in [9.17, 15) is 0 Å². The average molecular weight is 307 g/mol. The molecular weight excluding hydrogens is 288 g/mol. The van der Waals surface area contributed by atoms with Gasteiger partial charge in [-0.25, -0.2) is 0 Å². The van der Waals surface area contributed by atoms with Crippen LogP contribution in [-0.4, -0.2) is 11.0 Å². The smallest absolute Gasteiger partial charge is 0.0934 e. The molecule has 1 aromatic carbocycles. The lowest BCUT2D eigenvalue weighted by Crippen LogP contribution is -2.15. The molecule has 0 fully saturated rings. The fourth-order valence-electron chi connectivity index (χ4n) is 2.10. The highest BCUT2D eigenvalue weighted by Gasteiger charge is 2.06. The van der Waals surface area contributed by atoms with Gasteiger partial charge in [-0.3, -0.25) is 4.98 Å². The Bertz CT molecular complexity index is 525. The Morgan fingerprint density at radius 1 is 1.39 bits per heavy atom. The largest absolute Gasteiger partial charge is 0.381 e. The second-order valence-electron chi connectivity index (χ2n) is 4.72. The van der Waals surface area contributed by atoms with Gasteiger partial charge in [0.1, 0.15) is 0 Å². The Kier molecular flexibility index (Phi) is 4.59. The van der Waals surface area contributed by atoms with Gasteiger partial charge < -0.3 is 5.32 Å². The maximum Gasteiger partial charge on any atom is 0.0934 e. The molecule has 1 heterocycles. The van der Waals surface area contributed by atoms with E-state index in [0.717, 1.165) is 21.1 Å². The van der Waals surface area contributed by atoms with Crippen LogP contribution in [0.5, 0.6) is 0 Å². The van der Waals surface area contributed by atoms with E-state index < -0.39 is 0 Å². The minimum Gasteiger partial charge on any atom is -0.381 e. The predicted octanol–water partition coefficient (Wildman–Crippen LogP) is 4.99. The molecular formula is C15H19BrN2. The standard InChI is InChI=1S/C15H19BrN2/c1-3-4-6-11(2)18-14-8-5-7-12-9-13(16)10-17-15(12)14/h5,7-11,18H,3-4,6H2,1-2H3. The van der Waals surface area contributed by atoms with Gasteiger partial charge in [0.05, 0.1) is 11.2 Å². The molecule has 0 saturated heterocycles. The van der Waals surface area contributed by atoms with Crippen molar-refractivity contribution < 1.29 is 0 Å². The zero-order valence-corrected chi connectivity index (χ0v) is 12.5. The molecule has 18 heavy (non-hydrogen) atoms. The van der Waals surface area contributed by atoms with Gasteiger partial charge in [-0.1, -0.05) is 31.9 Å². The van der Waals surface area contributed by atoms with Gasteiger partial charge in [-0.05, 0) is 41.4 Å². The molecule has 96 valence electrons. The Morgan fingerprint density at radius 3 is 3.00 bits per heavy atom. The number of hydrogen-bond acceptors (Lipinski definition) is 2. The third-order valence-electron chi connectivity index (χ3n) is 3.07. The molecule has 1 unspecified atom stereocenters. The summed E-state index contributed by atoms with van der Waals surface area (Å²) in [6, 6.07) is 8.86. The van der Waals surface area contributed by atoms with Crippen molar-refractivity contribution in [3.63, 3.8) is 0 Å². The molecule has 0 radical (unpaired) electrons. The number of anilines is 1. The molecule has 0 spiro atoms. The van der Waals surface area contributed by atoms with Crippen LogP contribution in [0.3, 0.4) is 0 Å². The monoisotopic (exact) mass is 306 g/mol. The highest BCUT2D eigenvalue weighted by molar-refractivity contribution is 9.10. The molecule has 0 aliphatic carbocycles. The van der Waals surface area contributed by atoms with Crippen LogP contribution < -0.4 is 5.32 Å². The number of unbranched alkanes of at least 4 members (excludes halogenated alkanes) is 1. The topological polar surface area (TPSA) is 24.9 Å². The van der Waals surface area contributed by atoms with Gasteiger partial charge in [0.2, 0.25) is 0 Å². The van der Waals surface area contributed by atoms with Crippen molar-refractivity contribution in [3.05, 3.63) is 34.9 Å². The molecule has 0 saturated carbocycles. The van der Waals surface area contributed by atoms with Crippen LogP contribution in [0, 0.1) is 0 Å². The summed E-state index contributed by atoms with van der Waals surface area (Å²) in [4.78, 5) is 4.50. The maximum absolute atomic E-state index is 4.50. The van der Waals surface area contributed by atoms with Crippen LogP contribution in [-0.2, 0) is 0 Å². The number of halogens is 1. The lowest BCUT2D eigenvalue weighted by atomic mass is 10.1. The first-order valence-corrected chi connectivity index (χ1v) is 7.31. The zero-order chi connectivity index (χ0) is 13.0. The first kappa shape index (κ1) is 13.3. The van der Waals surface area contributed by atoms with E-state index in [1.54, 1.807) is 0 Å². The van der Waals surface area contributed by atoms with Crippen LogP contribution in [0.25, 0.3) is 10.9 Å². The van der Waals surface area contributed by atoms with E-state index in [-0.39, 0.29) is 0 Å². The molecule has 0 amide bonds. The first-order chi connectivity index (χ1) is 8.70. The highest BCUT2D eigenvalue weighted by atomic mass is 79.9. The van der Waals surface area contributed by atoms with Gasteiger partial charge >= 0.3 is 0 Å². The van der Waals surface area contributed by atoms with Crippen molar-refractivity contribution in [3.8, 4) is 0 Å². The van der Waals surface area contributed by atoms with Crippen molar-refractivity contribution in [1.29, 1.82) is 0 Å². The number of fused-ring (bicyclic) bond motifs is 1. The van der Waals surface area contributed by atoms with E-state index in [4.69, 9.17) is 0 Å². The quantitative estimate of drug-likeness (QED) is 0.842. The van der Waals surface area contributed by atoms with Crippen LogP contribution >= 0.6 is 15.9 Å². The fourth-order valence-corrected chi connectivity index (χ4v) is 2.45. The lowest BCUT2D eigenvalue weighted by molar-refractivity contribution is 0.645. The van der Waals surface area contributed by atoms with Crippen LogP contribution in [0.1, 0.15) is 33.1 Å². The van der Waals surface area contributed by atoms with Crippen molar-refractivity contribution in [2.45, 2.75) is 39.2 Å². The van der Waals surface area contributed by atoms with Gasteiger partial charge in [0.15, 0.2) is 0 Å². The number of benzene rings is 1. The van der Waals surface area contributed by atoms with E-state index in [1.165, 1.54) is 19.3 Å². The Labute approximate surface area is 117 Å². The molecule has 2 nitrogen and oxygen atoms in total. The number of hydrogen-bond donors (Lipinski definition) is 1. The third kappa shape index (κ3) is 3.22. The van der Waals surface area contributed by atoms with E-state index in [2.05, 4.69) is 64.3 Å². The van der Waals surface area contributed by atoms with Gasteiger partial charge in [-0.2, -0.15) is 0 Å². The summed E-state index contributed by atoms with van der Waals surface area (Å²) in [5, 5.41) is 4.73. The zero-order valence-electron chi connectivity index (χ0n) is 10.9. The van der Waals surface area contributed by atoms with E-state index in [1.807, 2.05) is 6.20 Å². The predicted molar refractivity (Wildman–Crippen MR) is 82.1 cm³/mol. The Hall–Kier alpha value is -1.09. The molecule has 1 aromatic heterocycles. The normalized spacial score (nSPS) is 12.6. The minimum atomic E-state index is 0.487. The molecule has 0 aliphatic heterocycles. The van der Waals surface area contributed by atoms with Crippen molar-refractivity contribution in [1.82, 2.24) is 4.98 Å². The van der Waals surface area contributed by atoms with Crippen LogP contribution in [0.4, 0.5) is 5.69 Å². The number of pyridine rings is 1. The molecule has 3 heteroatoms. The number of nitrogens with zero attached hydrogens (tertiary/aromatic N) is 1. The fraction of sp³-hybridized carbons (Fsp3) is 0.400. The summed E-state index contributed by atoms with van der Waals surface area (Å²) in [5.41, 5.74) is 2.17. The van der Waals surface area contributed by atoms with Gasteiger partial charge in [0.25, 0.3) is 0 Å².